The molecule has 1 aliphatic heterocycles. The molecule has 2 aromatic heterocycles. The van der Waals surface area contributed by atoms with Crippen LogP contribution in [0.5, 0.6) is 5.75 Å². The Bertz CT molecular complexity index is 1010. The standard InChI is InChI=1S/C21H19F2N5O2/c22-15-4-6-19(16(23)13-15)30-14-21(29)28-11-9-27(10-12-28)20-7-5-18(25-26-20)17-3-1-2-8-24-17/h1-8,13H,9-12,14H2. The van der Waals surface area contributed by atoms with E-state index in [1.165, 1.54) is 6.07 Å². The van der Waals surface area contributed by atoms with E-state index in [1.807, 2.05) is 35.2 Å². The summed E-state index contributed by atoms with van der Waals surface area (Å²) in [5, 5.41) is 8.52. The van der Waals surface area contributed by atoms with Crippen LogP contribution in [0.2, 0.25) is 0 Å². The van der Waals surface area contributed by atoms with Crippen LogP contribution in [0, 0.1) is 11.6 Å². The molecule has 9 heteroatoms. The van der Waals surface area contributed by atoms with Gasteiger partial charge in [-0.25, -0.2) is 8.78 Å². The molecule has 0 bridgehead atoms. The van der Waals surface area contributed by atoms with Crippen LogP contribution in [0.1, 0.15) is 0 Å². The fourth-order valence-electron chi connectivity index (χ4n) is 3.15. The van der Waals surface area contributed by atoms with E-state index in [0.717, 1.165) is 23.6 Å². The number of piperazine rings is 1. The summed E-state index contributed by atoms with van der Waals surface area (Å²) >= 11 is 0. The summed E-state index contributed by atoms with van der Waals surface area (Å²) < 4.78 is 31.7. The lowest BCUT2D eigenvalue weighted by atomic mass is 10.2. The fraction of sp³-hybridized carbons (Fsp3) is 0.238. The van der Waals surface area contributed by atoms with Crippen molar-refractivity contribution in [2.45, 2.75) is 0 Å². The van der Waals surface area contributed by atoms with Crippen molar-refractivity contribution < 1.29 is 18.3 Å². The molecule has 0 atom stereocenters. The average Bonchev–Trinajstić information content (AvgIpc) is 2.79. The number of hydrogen-bond donors (Lipinski definition) is 0. The second-order valence-electron chi connectivity index (χ2n) is 6.72. The maximum atomic E-state index is 13.6. The SMILES string of the molecule is O=C(COc1ccc(F)cc1F)N1CCN(c2ccc(-c3ccccn3)nn2)CC1. The summed E-state index contributed by atoms with van der Waals surface area (Å²) in [6.07, 6.45) is 1.70. The number of carbonyl (C=O) groups excluding carboxylic acids is 1. The molecule has 0 unspecified atom stereocenters. The van der Waals surface area contributed by atoms with Crippen molar-refractivity contribution in [3.8, 4) is 17.1 Å². The molecule has 3 aromatic rings. The third-order valence-corrected chi connectivity index (χ3v) is 4.78. The van der Waals surface area contributed by atoms with Gasteiger partial charge in [-0.3, -0.25) is 9.78 Å². The van der Waals surface area contributed by atoms with Crippen LogP contribution < -0.4 is 9.64 Å². The number of benzene rings is 1. The van der Waals surface area contributed by atoms with Crippen molar-refractivity contribution in [1.29, 1.82) is 0 Å². The Morgan fingerprint density at radius 3 is 2.47 bits per heavy atom. The topological polar surface area (TPSA) is 71.5 Å². The van der Waals surface area contributed by atoms with Gasteiger partial charge < -0.3 is 14.5 Å². The average molecular weight is 411 g/mol. The Kier molecular flexibility index (Phi) is 5.78. The first-order chi connectivity index (χ1) is 14.6. The van der Waals surface area contributed by atoms with Crippen molar-refractivity contribution in [3.05, 3.63) is 66.4 Å². The Morgan fingerprint density at radius 2 is 1.80 bits per heavy atom. The van der Waals surface area contributed by atoms with Crippen molar-refractivity contribution in [2.75, 3.05) is 37.7 Å². The second-order valence-corrected chi connectivity index (χ2v) is 6.72. The summed E-state index contributed by atoms with van der Waals surface area (Å²) in [6, 6.07) is 12.3. The second kappa shape index (κ2) is 8.81. The van der Waals surface area contributed by atoms with E-state index >= 15 is 0 Å². The maximum Gasteiger partial charge on any atom is 0.260 e. The number of hydrogen-bond acceptors (Lipinski definition) is 6. The molecule has 0 spiro atoms. The molecule has 4 rings (SSSR count). The molecule has 1 saturated heterocycles. The van der Waals surface area contributed by atoms with Crippen LogP contribution >= 0.6 is 0 Å². The number of amides is 1. The number of aromatic nitrogens is 3. The van der Waals surface area contributed by atoms with E-state index in [9.17, 15) is 13.6 Å². The molecule has 0 N–H and O–H groups in total. The zero-order chi connectivity index (χ0) is 20.9. The van der Waals surface area contributed by atoms with E-state index in [-0.39, 0.29) is 18.3 Å². The van der Waals surface area contributed by atoms with Crippen molar-refractivity contribution >= 4 is 11.7 Å². The lowest BCUT2D eigenvalue weighted by molar-refractivity contribution is -0.133. The van der Waals surface area contributed by atoms with Crippen molar-refractivity contribution in [3.63, 3.8) is 0 Å². The van der Waals surface area contributed by atoms with E-state index < -0.39 is 11.6 Å². The van der Waals surface area contributed by atoms with Gasteiger partial charge in [-0.1, -0.05) is 6.07 Å². The van der Waals surface area contributed by atoms with Crippen LogP contribution in [0.3, 0.4) is 0 Å². The predicted molar refractivity (Wildman–Crippen MR) is 106 cm³/mol. The predicted octanol–water partition coefficient (Wildman–Crippen LogP) is 2.54. The summed E-state index contributed by atoms with van der Waals surface area (Å²) in [5.74, 6) is -1.20. The molecule has 0 saturated carbocycles. The molecule has 1 aromatic carbocycles. The number of ether oxygens (including phenoxy) is 1. The highest BCUT2D eigenvalue weighted by molar-refractivity contribution is 5.78. The van der Waals surface area contributed by atoms with Gasteiger partial charge >= 0.3 is 0 Å². The summed E-state index contributed by atoms with van der Waals surface area (Å²) in [6.45, 7) is 1.85. The minimum Gasteiger partial charge on any atom is -0.481 e. The smallest absolute Gasteiger partial charge is 0.260 e. The zero-order valence-corrected chi connectivity index (χ0v) is 16.0. The first-order valence-electron chi connectivity index (χ1n) is 9.46. The van der Waals surface area contributed by atoms with Gasteiger partial charge in [0.2, 0.25) is 0 Å². The van der Waals surface area contributed by atoms with Crippen LogP contribution in [-0.2, 0) is 4.79 Å². The number of anilines is 1. The van der Waals surface area contributed by atoms with Gasteiger partial charge in [0, 0.05) is 38.4 Å². The van der Waals surface area contributed by atoms with Gasteiger partial charge in [-0.15, -0.1) is 10.2 Å². The highest BCUT2D eigenvalue weighted by Gasteiger charge is 2.23. The van der Waals surface area contributed by atoms with E-state index in [4.69, 9.17) is 4.74 Å². The Labute approximate surface area is 171 Å². The first-order valence-corrected chi connectivity index (χ1v) is 9.46. The number of carbonyl (C=O) groups is 1. The number of rotatable bonds is 5. The van der Waals surface area contributed by atoms with Gasteiger partial charge in [0.15, 0.2) is 24.0 Å². The number of halogens is 2. The third-order valence-electron chi connectivity index (χ3n) is 4.78. The third kappa shape index (κ3) is 4.51. The van der Waals surface area contributed by atoms with Crippen molar-refractivity contribution in [2.24, 2.45) is 0 Å². The Hall–Kier alpha value is -3.62. The zero-order valence-electron chi connectivity index (χ0n) is 16.0. The van der Waals surface area contributed by atoms with Gasteiger partial charge in [-0.2, -0.15) is 0 Å². The van der Waals surface area contributed by atoms with Crippen LogP contribution in [0.4, 0.5) is 14.6 Å². The molecular weight excluding hydrogens is 392 g/mol. The molecule has 30 heavy (non-hydrogen) atoms. The lowest BCUT2D eigenvalue weighted by Crippen LogP contribution is -2.50. The number of pyridine rings is 1. The lowest BCUT2D eigenvalue weighted by Gasteiger charge is -2.35. The molecule has 154 valence electrons. The molecule has 7 nitrogen and oxygen atoms in total. The molecule has 0 aliphatic carbocycles. The largest absolute Gasteiger partial charge is 0.481 e. The van der Waals surface area contributed by atoms with Gasteiger partial charge in [-0.05, 0) is 36.4 Å². The van der Waals surface area contributed by atoms with E-state index in [2.05, 4.69) is 15.2 Å². The minimum absolute atomic E-state index is 0.147. The first kappa shape index (κ1) is 19.7. The molecule has 0 radical (unpaired) electrons. The molecular formula is C21H19F2N5O2. The highest BCUT2D eigenvalue weighted by Crippen LogP contribution is 2.19. The van der Waals surface area contributed by atoms with Crippen LogP contribution in [-0.4, -0.2) is 58.8 Å². The highest BCUT2D eigenvalue weighted by atomic mass is 19.1. The summed E-state index contributed by atoms with van der Waals surface area (Å²) in [4.78, 5) is 20.3. The summed E-state index contributed by atoms with van der Waals surface area (Å²) in [5.41, 5.74) is 1.45. The van der Waals surface area contributed by atoms with Gasteiger partial charge in [0.25, 0.3) is 5.91 Å². The Morgan fingerprint density at radius 1 is 0.967 bits per heavy atom. The molecule has 1 fully saturated rings. The monoisotopic (exact) mass is 411 g/mol. The molecule has 1 aliphatic rings. The molecule has 3 heterocycles. The van der Waals surface area contributed by atoms with Gasteiger partial charge in [0.05, 0.1) is 5.69 Å². The fourth-order valence-corrected chi connectivity index (χ4v) is 3.15. The van der Waals surface area contributed by atoms with Gasteiger partial charge in [0.1, 0.15) is 11.5 Å². The molecule has 1 amide bonds. The summed E-state index contributed by atoms with van der Waals surface area (Å²) in [7, 11) is 0. The minimum atomic E-state index is -0.833. The normalized spacial score (nSPS) is 13.9. The number of nitrogens with zero attached hydrogens (tertiary/aromatic N) is 5. The quantitative estimate of drug-likeness (QED) is 0.643. The maximum absolute atomic E-state index is 13.6. The Balaban J connectivity index is 1.29. The van der Waals surface area contributed by atoms with Crippen LogP contribution in [0.15, 0.2) is 54.7 Å². The van der Waals surface area contributed by atoms with E-state index in [0.29, 0.717) is 31.9 Å². The van der Waals surface area contributed by atoms with Crippen LogP contribution in [0.25, 0.3) is 11.4 Å². The van der Waals surface area contributed by atoms with Crippen molar-refractivity contribution in [1.82, 2.24) is 20.1 Å². The van der Waals surface area contributed by atoms with E-state index in [1.54, 1.807) is 11.1 Å².